The van der Waals surface area contributed by atoms with Crippen molar-refractivity contribution in [3.05, 3.63) is 24.3 Å². The molecule has 1 aromatic carbocycles. The van der Waals surface area contributed by atoms with E-state index in [4.69, 9.17) is 0 Å². The maximum absolute atomic E-state index is 12.5. The zero-order valence-corrected chi connectivity index (χ0v) is 13.3. The fourth-order valence-electron chi connectivity index (χ4n) is 2.17. The van der Waals surface area contributed by atoms with Crippen LogP contribution >= 0.6 is 12.4 Å². The number of hydrogen-bond donors (Lipinski definition) is 1. The van der Waals surface area contributed by atoms with Crippen LogP contribution in [0.4, 0.5) is 13.2 Å². The maximum atomic E-state index is 12.5. The first-order valence-corrected chi connectivity index (χ1v) is 7.69. The summed E-state index contributed by atoms with van der Waals surface area (Å²) in [4.78, 5) is -0.489. The Morgan fingerprint density at radius 3 is 2.50 bits per heavy atom. The Morgan fingerprint density at radius 1 is 1.32 bits per heavy atom. The van der Waals surface area contributed by atoms with Gasteiger partial charge in [0.15, 0.2) is 0 Å². The molecule has 0 amide bonds. The highest BCUT2D eigenvalue weighted by molar-refractivity contribution is 7.89. The first kappa shape index (κ1) is 19.0. The van der Waals surface area contributed by atoms with Crippen molar-refractivity contribution in [3.8, 4) is 5.75 Å². The van der Waals surface area contributed by atoms with Crippen molar-refractivity contribution < 1.29 is 26.3 Å². The average molecular weight is 361 g/mol. The fourth-order valence-corrected chi connectivity index (χ4v) is 3.67. The summed E-state index contributed by atoms with van der Waals surface area (Å²) < 4.78 is 67.0. The summed E-state index contributed by atoms with van der Waals surface area (Å²) in [5.74, 6) is -0.720. The van der Waals surface area contributed by atoms with E-state index in [0.29, 0.717) is 19.5 Å². The normalized spacial score (nSPS) is 19.0. The van der Waals surface area contributed by atoms with Crippen molar-refractivity contribution in [1.82, 2.24) is 9.62 Å². The van der Waals surface area contributed by atoms with E-state index in [0.717, 1.165) is 16.4 Å². The van der Waals surface area contributed by atoms with E-state index in [9.17, 15) is 21.6 Å². The molecule has 5 nitrogen and oxygen atoms in total. The van der Waals surface area contributed by atoms with Crippen LogP contribution in [0.1, 0.15) is 6.42 Å². The number of nitrogens with zero attached hydrogens (tertiary/aromatic N) is 1. The van der Waals surface area contributed by atoms with Crippen LogP contribution in [0, 0.1) is 0 Å². The predicted molar refractivity (Wildman–Crippen MR) is 76.6 cm³/mol. The molecule has 1 fully saturated rings. The van der Waals surface area contributed by atoms with Gasteiger partial charge in [0, 0.05) is 19.6 Å². The number of rotatable bonds is 4. The number of benzene rings is 1. The van der Waals surface area contributed by atoms with E-state index in [1.165, 1.54) is 19.2 Å². The van der Waals surface area contributed by atoms with Crippen molar-refractivity contribution in [2.75, 3.05) is 20.1 Å². The minimum Gasteiger partial charge on any atom is -0.404 e. The van der Waals surface area contributed by atoms with Crippen molar-refractivity contribution in [1.29, 1.82) is 0 Å². The van der Waals surface area contributed by atoms with Crippen LogP contribution in [-0.2, 0) is 10.0 Å². The number of sulfonamides is 1. The highest BCUT2D eigenvalue weighted by Crippen LogP contribution is 2.31. The zero-order chi connectivity index (χ0) is 15.7. The Balaban J connectivity index is 0.00000242. The fraction of sp³-hybridized carbons (Fsp3) is 0.500. The minimum absolute atomic E-state index is 0. The lowest BCUT2D eigenvalue weighted by Gasteiger charge is -2.24. The van der Waals surface area contributed by atoms with Crippen molar-refractivity contribution in [2.45, 2.75) is 23.7 Å². The number of para-hydroxylation sites is 1. The quantitative estimate of drug-likeness (QED) is 0.892. The second-order valence-electron chi connectivity index (χ2n) is 4.66. The van der Waals surface area contributed by atoms with E-state index < -0.39 is 27.0 Å². The zero-order valence-electron chi connectivity index (χ0n) is 11.6. The lowest BCUT2D eigenvalue weighted by molar-refractivity contribution is -0.275. The van der Waals surface area contributed by atoms with Crippen LogP contribution in [-0.4, -0.2) is 45.3 Å². The SMILES string of the molecule is CN(C1CCNC1)S(=O)(=O)c1ccccc1OC(F)(F)F.Cl. The molecule has 1 N–H and O–H groups in total. The number of halogens is 4. The molecule has 1 atom stereocenters. The van der Waals surface area contributed by atoms with Gasteiger partial charge in [0.1, 0.15) is 10.6 Å². The van der Waals surface area contributed by atoms with E-state index >= 15 is 0 Å². The maximum Gasteiger partial charge on any atom is 0.573 e. The summed E-state index contributed by atoms with van der Waals surface area (Å²) in [7, 11) is -2.70. The molecule has 1 heterocycles. The molecule has 22 heavy (non-hydrogen) atoms. The van der Waals surface area contributed by atoms with Crippen LogP contribution in [0.5, 0.6) is 5.75 Å². The molecular weight excluding hydrogens is 345 g/mol. The van der Waals surface area contributed by atoms with E-state index in [1.807, 2.05) is 0 Å². The van der Waals surface area contributed by atoms with Crippen molar-refractivity contribution in [3.63, 3.8) is 0 Å². The van der Waals surface area contributed by atoms with Crippen LogP contribution in [0.15, 0.2) is 29.2 Å². The molecule has 1 saturated heterocycles. The molecule has 1 aromatic rings. The molecule has 0 spiro atoms. The Hall–Kier alpha value is -1.03. The van der Waals surface area contributed by atoms with Gasteiger partial charge in [-0.25, -0.2) is 8.42 Å². The molecule has 0 aromatic heterocycles. The van der Waals surface area contributed by atoms with E-state index in [2.05, 4.69) is 10.1 Å². The van der Waals surface area contributed by atoms with Gasteiger partial charge in [-0.1, -0.05) is 12.1 Å². The van der Waals surface area contributed by atoms with Gasteiger partial charge in [-0.05, 0) is 25.1 Å². The standard InChI is InChI=1S/C12H15F3N2O3S.ClH/c1-17(9-6-7-16-8-9)21(18,19)11-5-3-2-4-10(11)20-12(13,14)15;/h2-5,9,16H,6-8H2,1H3;1H. The summed E-state index contributed by atoms with van der Waals surface area (Å²) in [5, 5.41) is 3.01. The molecule has 0 aliphatic carbocycles. The van der Waals surface area contributed by atoms with Crippen molar-refractivity contribution >= 4 is 22.4 Å². The molecule has 126 valence electrons. The Morgan fingerprint density at radius 2 is 1.95 bits per heavy atom. The van der Waals surface area contributed by atoms with Gasteiger partial charge in [-0.2, -0.15) is 4.31 Å². The molecule has 1 aliphatic rings. The molecule has 1 aliphatic heterocycles. The minimum atomic E-state index is -4.95. The second-order valence-corrected chi connectivity index (χ2v) is 6.63. The van der Waals surface area contributed by atoms with Gasteiger partial charge in [0.2, 0.25) is 10.0 Å². The number of likely N-dealkylation sites (N-methyl/N-ethyl adjacent to an activating group) is 1. The van der Waals surface area contributed by atoms with E-state index in [1.54, 1.807) is 0 Å². The summed E-state index contributed by atoms with van der Waals surface area (Å²) in [6, 6.07) is 4.46. The van der Waals surface area contributed by atoms with E-state index in [-0.39, 0.29) is 18.4 Å². The third-order valence-corrected chi connectivity index (χ3v) is 5.23. The molecule has 0 bridgehead atoms. The number of hydrogen-bond acceptors (Lipinski definition) is 4. The first-order valence-electron chi connectivity index (χ1n) is 6.25. The lowest BCUT2D eigenvalue weighted by atomic mass is 10.3. The lowest BCUT2D eigenvalue weighted by Crippen LogP contribution is -2.38. The van der Waals surface area contributed by atoms with Gasteiger partial charge in [-0.3, -0.25) is 0 Å². The summed E-state index contributed by atoms with van der Waals surface area (Å²) in [6.45, 7) is 1.14. The molecular formula is C12H16ClF3N2O3S. The molecule has 0 radical (unpaired) electrons. The molecule has 10 heteroatoms. The largest absolute Gasteiger partial charge is 0.573 e. The van der Waals surface area contributed by atoms with Crippen molar-refractivity contribution in [2.24, 2.45) is 0 Å². The Bertz CT molecular complexity index is 604. The smallest absolute Gasteiger partial charge is 0.404 e. The van der Waals surface area contributed by atoms with Crippen LogP contribution < -0.4 is 10.1 Å². The Kier molecular flexibility index (Phi) is 6.08. The molecule has 1 unspecified atom stereocenters. The highest BCUT2D eigenvalue weighted by Gasteiger charge is 2.36. The van der Waals surface area contributed by atoms with Gasteiger partial charge in [-0.15, -0.1) is 25.6 Å². The average Bonchev–Trinajstić information content (AvgIpc) is 2.90. The monoisotopic (exact) mass is 360 g/mol. The number of nitrogens with one attached hydrogen (secondary N) is 1. The van der Waals surface area contributed by atoms with Gasteiger partial charge in [0.05, 0.1) is 0 Å². The summed E-state index contributed by atoms with van der Waals surface area (Å²) >= 11 is 0. The molecule has 2 rings (SSSR count). The molecule has 0 saturated carbocycles. The second kappa shape index (κ2) is 7.03. The summed E-state index contributed by atoms with van der Waals surface area (Å²) in [5.41, 5.74) is 0. The number of alkyl halides is 3. The van der Waals surface area contributed by atoms with Gasteiger partial charge >= 0.3 is 6.36 Å². The number of ether oxygens (including phenoxy) is 1. The van der Waals surface area contributed by atoms with Crippen LogP contribution in [0.3, 0.4) is 0 Å². The predicted octanol–water partition coefficient (Wildman–Crippen LogP) is 1.99. The van der Waals surface area contributed by atoms with Crippen LogP contribution in [0.2, 0.25) is 0 Å². The topological polar surface area (TPSA) is 58.6 Å². The van der Waals surface area contributed by atoms with Gasteiger partial charge in [0.25, 0.3) is 0 Å². The van der Waals surface area contributed by atoms with Gasteiger partial charge < -0.3 is 10.1 Å². The third-order valence-electron chi connectivity index (χ3n) is 3.28. The van der Waals surface area contributed by atoms with Crippen LogP contribution in [0.25, 0.3) is 0 Å². The Labute approximate surface area is 132 Å². The first-order chi connectivity index (χ1) is 9.72. The highest BCUT2D eigenvalue weighted by atomic mass is 35.5. The third kappa shape index (κ3) is 4.25. The summed E-state index contributed by atoms with van der Waals surface area (Å²) in [6.07, 6.45) is -4.34.